The lowest BCUT2D eigenvalue weighted by molar-refractivity contribution is 0.0508. The van der Waals surface area contributed by atoms with Crippen molar-refractivity contribution in [2.24, 2.45) is 0 Å². The molecule has 1 aromatic carbocycles. The van der Waals surface area contributed by atoms with Crippen LogP contribution in [0.1, 0.15) is 57.7 Å². The summed E-state index contributed by atoms with van der Waals surface area (Å²) in [7, 11) is 2.27. The predicted molar refractivity (Wildman–Crippen MR) is 104 cm³/mol. The van der Waals surface area contributed by atoms with Crippen LogP contribution in [-0.4, -0.2) is 53.7 Å². The Hall–Kier alpha value is -1.59. The highest BCUT2D eigenvalue weighted by atomic mass is 16.6. The van der Waals surface area contributed by atoms with Crippen molar-refractivity contribution in [3.8, 4) is 0 Å². The molecule has 0 saturated carbocycles. The molecule has 0 aliphatic carbocycles. The van der Waals surface area contributed by atoms with Gasteiger partial charge in [0, 0.05) is 31.7 Å². The minimum atomic E-state index is -0.477. The molecule has 1 N–H and O–H groups in total. The Morgan fingerprint density at radius 2 is 1.77 bits per heavy atom. The van der Waals surface area contributed by atoms with Gasteiger partial charge in [-0.1, -0.05) is 24.3 Å². The summed E-state index contributed by atoms with van der Waals surface area (Å²) in [6, 6.07) is 9.98. The number of rotatable bonds is 4. The van der Waals surface area contributed by atoms with E-state index >= 15 is 0 Å². The van der Waals surface area contributed by atoms with Crippen LogP contribution in [0.3, 0.4) is 0 Å². The monoisotopic (exact) mass is 359 g/mol. The van der Waals surface area contributed by atoms with Gasteiger partial charge in [0.05, 0.1) is 6.04 Å². The van der Waals surface area contributed by atoms with Crippen LogP contribution in [0, 0.1) is 0 Å². The lowest BCUT2D eigenvalue weighted by atomic mass is 10.1. The molecule has 3 unspecified atom stereocenters. The Balaban J connectivity index is 1.53. The molecule has 3 atom stereocenters. The largest absolute Gasteiger partial charge is 0.444 e. The van der Waals surface area contributed by atoms with Gasteiger partial charge >= 0.3 is 6.09 Å². The molecular weight excluding hydrogens is 326 g/mol. The van der Waals surface area contributed by atoms with Gasteiger partial charge in [0.15, 0.2) is 0 Å². The number of carbonyl (C=O) groups excluding carboxylic acids is 1. The molecule has 2 aliphatic heterocycles. The first-order valence-electron chi connectivity index (χ1n) is 9.74. The zero-order chi connectivity index (χ0) is 18.9. The Morgan fingerprint density at radius 3 is 2.31 bits per heavy atom. The standard InChI is InChI=1S/C21H33N3O2/c1-15(22-20(25)26-21(2,3)4)17-8-6-16(7-9-17)12-24-13-18-10-11-19(14-24)23(18)5/h6-9,15,18-19H,10-14H2,1-5H3,(H,22,25). The van der Waals surface area contributed by atoms with Crippen molar-refractivity contribution in [1.29, 1.82) is 0 Å². The lowest BCUT2D eigenvalue weighted by Crippen LogP contribution is -2.51. The molecular formula is C21H33N3O2. The third-order valence-electron chi connectivity index (χ3n) is 5.54. The molecule has 1 amide bonds. The third kappa shape index (κ3) is 4.77. The van der Waals surface area contributed by atoms with Gasteiger partial charge in [0.1, 0.15) is 5.60 Å². The summed E-state index contributed by atoms with van der Waals surface area (Å²) >= 11 is 0. The van der Waals surface area contributed by atoms with E-state index < -0.39 is 5.60 Å². The maximum atomic E-state index is 11.9. The number of amides is 1. The zero-order valence-corrected chi connectivity index (χ0v) is 16.8. The minimum Gasteiger partial charge on any atom is -0.444 e. The van der Waals surface area contributed by atoms with E-state index in [9.17, 15) is 4.79 Å². The fraction of sp³-hybridized carbons (Fsp3) is 0.667. The average Bonchev–Trinajstić information content (AvgIpc) is 2.76. The molecule has 144 valence electrons. The summed E-state index contributed by atoms with van der Waals surface area (Å²) in [5, 5.41) is 2.90. The third-order valence-corrected chi connectivity index (χ3v) is 5.54. The van der Waals surface area contributed by atoms with E-state index in [0.29, 0.717) is 0 Å². The van der Waals surface area contributed by atoms with Crippen LogP contribution in [0.2, 0.25) is 0 Å². The second-order valence-electron chi connectivity index (χ2n) is 8.85. The van der Waals surface area contributed by atoms with Crippen molar-refractivity contribution < 1.29 is 9.53 Å². The zero-order valence-electron chi connectivity index (χ0n) is 16.8. The van der Waals surface area contributed by atoms with E-state index in [1.165, 1.54) is 31.5 Å². The van der Waals surface area contributed by atoms with Gasteiger partial charge in [-0.25, -0.2) is 4.79 Å². The fourth-order valence-electron chi connectivity index (χ4n) is 4.07. The molecule has 0 radical (unpaired) electrons. The van der Waals surface area contributed by atoms with E-state index in [-0.39, 0.29) is 12.1 Å². The van der Waals surface area contributed by atoms with Crippen molar-refractivity contribution in [3.63, 3.8) is 0 Å². The maximum Gasteiger partial charge on any atom is 0.408 e. The number of nitrogens with one attached hydrogen (secondary N) is 1. The number of likely N-dealkylation sites (tertiary alicyclic amines) is 1. The van der Waals surface area contributed by atoms with Crippen LogP contribution >= 0.6 is 0 Å². The van der Waals surface area contributed by atoms with Crippen LogP contribution in [0.4, 0.5) is 4.79 Å². The first-order chi connectivity index (χ1) is 12.2. The number of likely N-dealkylation sites (N-methyl/N-ethyl adjacent to an activating group) is 1. The Kier molecular flexibility index (Phi) is 5.58. The van der Waals surface area contributed by atoms with Gasteiger partial charge in [0.2, 0.25) is 0 Å². The first kappa shape index (κ1) is 19.2. The second-order valence-corrected chi connectivity index (χ2v) is 8.85. The molecule has 2 saturated heterocycles. The Morgan fingerprint density at radius 1 is 1.19 bits per heavy atom. The fourth-order valence-corrected chi connectivity index (χ4v) is 4.07. The number of ether oxygens (including phenoxy) is 1. The van der Waals surface area contributed by atoms with Crippen LogP contribution in [0.5, 0.6) is 0 Å². The van der Waals surface area contributed by atoms with Gasteiger partial charge in [-0.15, -0.1) is 0 Å². The summed E-state index contributed by atoms with van der Waals surface area (Å²) < 4.78 is 5.33. The number of hydrogen-bond acceptors (Lipinski definition) is 4. The molecule has 5 heteroatoms. The average molecular weight is 360 g/mol. The van der Waals surface area contributed by atoms with Crippen molar-refractivity contribution in [2.45, 2.75) is 70.8 Å². The van der Waals surface area contributed by atoms with Gasteiger partial charge < -0.3 is 10.1 Å². The van der Waals surface area contributed by atoms with Gasteiger partial charge in [0.25, 0.3) is 0 Å². The van der Waals surface area contributed by atoms with E-state index in [1.807, 2.05) is 27.7 Å². The number of carbonyl (C=O) groups is 1. The number of hydrogen-bond donors (Lipinski definition) is 1. The highest BCUT2D eigenvalue weighted by Crippen LogP contribution is 2.29. The lowest BCUT2D eigenvalue weighted by Gasteiger charge is -2.39. The number of benzene rings is 1. The SMILES string of the molecule is CC(NC(=O)OC(C)(C)C)c1ccc(CN2CC3CCC(C2)N3C)cc1. The van der Waals surface area contributed by atoms with Crippen LogP contribution in [0.15, 0.2) is 24.3 Å². The normalized spacial score (nSPS) is 25.1. The van der Waals surface area contributed by atoms with Gasteiger partial charge in [-0.05, 0) is 58.7 Å². The number of fused-ring (bicyclic) bond motifs is 2. The second kappa shape index (κ2) is 7.57. The summed E-state index contributed by atoms with van der Waals surface area (Å²) in [5.74, 6) is 0. The highest BCUT2D eigenvalue weighted by molar-refractivity contribution is 5.68. The molecule has 5 nitrogen and oxygen atoms in total. The van der Waals surface area contributed by atoms with Crippen molar-refractivity contribution in [1.82, 2.24) is 15.1 Å². The Bertz CT molecular complexity index is 609. The summed E-state index contributed by atoms with van der Waals surface area (Å²) in [5.41, 5.74) is 1.95. The number of piperazine rings is 1. The molecule has 0 aromatic heterocycles. The molecule has 2 bridgehead atoms. The van der Waals surface area contributed by atoms with Crippen LogP contribution in [-0.2, 0) is 11.3 Å². The molecule has 2 aliphatic rings. The molecule has 3 rings (SSSR count). The maximum absolute atomic E-state index is 11.9. The molecule has 0 spiro atoms. The van der Waals surface area contributed by atoms with Gasteiger partial charge in [-0.3, -0.25) is 9.80 Å². The smallest absolute Gasteiger partial charge is 0.408 e. The summed E-state index contributed by atoms with van der Waals surface area (Å²) in [6.45, 7) is 11.0. The minimum absolute atomic E-state index is 0.0709. The molecule has 1 aromatic rings. The van der Waals surface area contributed by atoms with E-state index in [2.05, 4.69) is 46.4 Å². The number of alkyl carbamates (subject to hydrolysis) is 1. The Labute approximate surface area is 157 Å². The number of nitrogens with zero attached hydrogens (tertiary/aromatic N) is 2. The van der Waals surface area contributed by atoms with Crippen molar-refractivity contribution in [2.75, 3.05) is 20.1 Å². The van der Waals surface area contributed by atoms with Crippen molar-refractivity contribution >= 4 is 6.09 Å². The van der Waals surface area contributed by atoms with E-state index in [0.717, 1.165) is 24.2 Å². The van der Waals surface area contributed by atoms with Crippen LogP contribution < -0.4 is 5.32 Å². The van der Waals surface area contributed by atoms with E-state index in [1.54, 1.807) is 0 Å². The van der Waals surface area contributed by atoms with Crippen LogP contribution in [0.25, 0.3) is 0 Å². The van der Waals surface area contributed by atoms with Crippen molar-refractivity contribution in [3.05, 3.63) is 35.4 Å². The predicted octanol–water partition coefficient (Wildman–Crippen LogP) is 3.55. The molecule has 26 heavy (non-hydrogen) atoms. The highest BCUT2D eigenvalue weighted by Gasteiger charge is 2.37. The topological polar surface area (TPSA) is 44.8 Å². The van der Waals surface area contributed by atoms with Gasteiger partial charge in [-0.2, -0.15) is 0 Å². The summed E-state index contributed by atoms with van der Waals surface area (Å²) in [6.07, 6.45) is 2.30. The summed E-state index contributed by atoms with van der Waals surface area (Å²) in [4.78, 5) is 17.1. The van der Waals surface area contributed by atoms with E-state index in [4.69, 9.17) is 4.74 Å². The quantitative estimate of drug-likeness (QED) is 0.893. The molecule has 2 fully saturated rings. The first-order valence-corrected chi connectivity index (χ1v) is 9.74. The molecule has 2 heterocycles.